The lowest BCUT2D eigenvalue weighted by molar-refractivity contribution is 0.838. The molecule has 2 heterocycles. The van der Waals surface area contributed by atoms with Crippen LogP contribution in [0.1, 0.15) is 20.9 Å². The second-order valence-corrected chi connectivity index (χ2v) is 6.24. The molecule has 4 heteroatoms. The predicted octanol–water partition coefficient (Wildman–Crippen LogP) is 3.07. The molecule has 3 nitrogen and oxygen atoms in total. The molecule has 106 valence electrons. The average Bonchev–Trinajstić information content (AvgIpc) is 3.06. The number of benzene rings is 1. The second-order valence-electron chi connectivity index (χ2n) is 5.07. The van der Waals surface area contributed by atoms with Gasteiger partial charge in [0.15, 0.2) is 0 Å². The minimum Gasteiger partial charge on any atom is -0.325 e. The summed E-state index contributed by atoms with van der Waals surface area (Å²) in [4.78, 5) is 6.83. The molecule has 0 atom stereocenters. The summed E-state index contributed by atoms with van der Waals surface area (Å²) in [6.45, 7) is 5.49. The molecule has 0 bridgehead atoms. The van der Waals surface area contributed by atoms with Gasteiger partial charge >= 0.3 is 0 Å². The fraction of sp³-hybridized carbons (Fsp3) is 0.235. The molecule has 0 aliphatic heterocycles. The second kappa shape index (κ2) is 5.72. The van der Waals surface area contributed by atoms with E-state index in [1.165, 1.54) is 21.5 Å². The van der Waals surface area contributed by atoms with Gasteiger partial charge in [-0.15, -0.1) is 11.3 Å². The van der Waals surface area contributed by atoms with Gasteiger partial charge in [-0.1, -0.05) is 11.8 Å². The zero-order valence-electron chi connectivity index (χ0n) is 12.2. The largest absolute Gasteiger partial charge is 0.325 e. The van der Waals surface area contributed by atoms with Crippen LogP contribution in [-0.4, -0.2) is 16.1 Å². The van der Waals surface area contributed by atoms with Crippen molar-refractivity contribution in [1.29, 1.82) is 0 Å². The summed E-state index contributed by atoms with van der Waals surface area (Å²) in [5.74, 6) is 5.97. The number of hydrogen-bond acceptors (Lipinski definition) is 3. The van der Waals surface area contributed by atoms with Gasteiger partial charge in [0, 0.05) is 4.88 Å². The highest BCUT2D eigenvalue weighted by atomic mass is 32.1. The van der Waals surface area contributed by atoms with Gasteiger partial charge in [0.2, 0.25) is 0 Å². The van der Waals surface area contributed by atoms with Gasteiger partial charge < -0.3 is 10.3 Å². The van der Waals surface area contributed by atoms with Gasteiger partial charge in [0.25, 0.3) is 0 Å². The number of nitrogens with zero attached hydrogens (tertiary/aromatic N) is 2. The minimum atomic E-state index is 0.401. The third kappa shape index (κ3) is 2.85. The van der Waals surface area contributed by atoms with E-state index in [2.05, 4.69) is 59.5 Å². The van der Waals surface area contributed by atoms with E-state index in [0.29, 0.717) is 6.54 Å². The molecule has 0 radical (unpaired) electrons. The van der Waals surface area contributed by atoms with Crippen molar-refractivity contribution in [2.45, 2.75) is 20.4 Å². The van der Waals surface area contributed by atoms with Crippen LogP contribution in [0.15, 0.2) is 30.6 Å². The highest BCUT2D eigenvalue weighted by Crippen LogP contribution is 2.22. The quantitative estimate of drug-likeness (QED) is 0.738. The van der Waals surface area contributed by atoms with Crippen molar-refractivity contribution in [2.75, 3.05) is 6.54 Å². The van der Waals surface area contributed by atoms with Crippen molar-refractivity contribution < 1.29 is 0 Å². The van der Waals surface area contributed by atoms with Gasteiger partial charge in [0.05, 0.1) is 35.3 Å². The van der Waals surface area contributed by atoms with E-state index in [9.17, 15) is 0 Å². The summed E-state index contributed by atoms with van der Waals surface area (Å²) in [5, 5.41) is 0. The summed E-state index contributed by atoms with van der Waals surface area (Å²) in [7, 11) is 0. The van der Waals surface area contributed by atoms with Crippen LogP contribution in [0.5, 0.6) is 0 Å². The Morgan fingerprint density at radius 2 is 2.05 bits per heavy atom. The van der Waals surface area contributed by atoms with E-state index in [1.54, 1.807) is 11.3 Å². The fourth-order valence-electron chi connectivity index (χ4n) is 2.28. The number of nitrogens with two attached hydrogens (primary N) is 1. The summed E-state index contributed by atoms with van der Waals surface area (Å²) in [5.41, 5.74) is 10.2. The minimum absolute atomic E-state index is 0.401. The Balaban J connectivity index is 1.91. The molecule has 0 spiro atoms. The van der Waals surface area contributed by atoms with Crippen LogP contribution in [0.3, 0.4) is 0 Å². The Hall–Kier alpha value is -2.09. The van der Waals surface area contributed by atoms with Crippen LogP contribution < -0.4 is 5.73 Å². The third-order valence-corrected chi connectivity index (χ3v) is 4.52. The number of imidazole rings is 1. The van der Waals surface area contributed by atoms with Crippen molar-refractivity contribution in [2.24, 2.45) is 5.73 Å². The first-order chi connectivity index (χ1) is 10.2. The number of rotatable bonds is 2. The Kier molecular flexibility index (Phi) is 3.78. The smallest absolute Gasteiger partial charge is 0.0961 e. The zero-order chi connectivity index (χ0) is 14.8. The van der Waals surface area contributed by atoms with E-state index < -0.39 is 0 Å². The van der Waals surface area contributed by atoms with E-state index in [1.807, 2.05) is 6.33 Å². The lowest BCUT2D eigenvalue weighted by atomic mass is 10.1. The maximum absolute atomic E-state index is 5.40. The standard InChI is InChI=1S/C17H17N3S/c1-12-8-16-17(9-13(12)2)20(11-19-16)10-15-6-5-14(21-15)4-3-7-18/h5-6,8-9,11H,7,10,18H2,1-2H3. The summed E-state index contributed by atoms with van der Waals surface area (Å²) in [6, 6.07) is 8.53. The molecule has 3 aromatic rings. The Labute approximate surface area is 128 Å². The molecule has 1 aromatic carbocycles. The Morgan fingerprint density at radius 1 is 1.24 bits per heavy atom. The van der Waals surface area contributed by atoms with Gasteiger partial charge in [-0.05, 0) is 49.2 Å². The van der Waals surface area contributed by atoms with Gasteiger partial charge in [0.1, 0.15) is 0 Å². The van der Waals surface area contributed by atoms with Crippen LogP contribution >= 0.6 is 11.3 Å². The van der Waals surface area contributed by atoms with Crippen LogP contribution in [0.2, 0.25) is 0 Å². The van der Waals surface area contributed by atoms with Crippen LogP contribution in [-0.2, 0) is 6.54 Å². The van der Waals surface area contributed by atoms with Crippen molar-refractivity contribution in [3.05, 3.63) is 51.5 Å². The number of thiophene rings is 1. The van der Waals surface area contributed by atoms with Crippen molar-refractivity contribution in [3.8, 4) is 11.8 Å². The molecule has 0 aliphatic rings. The van der Waals surface area contributed by atoms with Crippen molar-refractivity contribution in [1.82, 2.24) is 9.55 Å². The van der Waals surface area contributed by atoms with Crippen molar-refractivity contribution >= 4 is 22.4 Å². The lowest BCUT2D eigenvalue weighted by Gasteiger charge is -2.04. The van der Waals surface area contributed by atoms with Crippen LogP contribution in [0.25, 0.3) is 11.0 Å². The Morgan fingerprint density at radius 3 is 2.86 bits per heavy atom. The molecule has 0 unspecified atom stereocenters. The SMILES string of the molecule is Cc1cc2ncn(Cc3ccc(C#CCN)s3)c2cc1C. The maximum Gasteiger partial charge on any atom is 0.0961 e. The maximum atomic E-state index is 5.40. The monoisotopic (exact) mass is 295 g/mol. The number of hydrogen-bond donors (Lipinski definition) is 1. The molecule has 3 rings (SSSR count). The number of aryl methyl sites for hydroxylation is 2. The van der Waals surface area contributed by atoms with Gasteiger partial charge in [-0.25, -0.2) is 4.98 Å². The zero-order valence-corrected chi connectivity index (χ0v) is 13.0. The molecule has 0 saturated carbocycles. The molecular formula is C17H17N3S. The van der Waals surface area contributed by atoms with E-state index >= 15 is 0 Å². The van der Waals surface area contributed by atoms with E-state index in [0.717, 1.165) is 16.9 Å². The predicted molar refractivity (Wildman–Crippen MR) is 88.6 cm³/mol. The Bertz CT molecular complexity index is 846. The molecule has 0 amide bonds. The van der Waals surface area contributed by atoms with E-state index in [4.69, 9.17) is 5.73 Å². The number of aromatic nitrogens is 2. The molecule has 2 N–H and O–H groups in total. The van der Waals surface area contributed by atoms with Crippen molar-refractivity contribution in [3.63, 3.8) is 0 Å². The molecular weight excluding hydrogens is 278 g/mol. The first-order valence-electron chi connectivity index (χ1n) is 6.87. The summed E-state index contributed by atoms with van der Waals surface area (Å²) >= 11 is 1.71. The normalized spacial score (nSPS) is 10.6. The highest BCUT2D eigenvalue weighted by molar-refractivity contribution is 7.12. The van der Waals surface area contributed by atoms with Crippen LogP contribution in [0.4, 0.5) is 0 Å². The number of fused-ring (bicyclic) bond motifs is 1. The average molecular weight is 295 g/mol. The van der Waals surface area contributed by atoms with E-state index in [-0.39, 0.29) is 0 Å². The van der Waals surface area contributed by atoms with Gasteiger partial charge in [-0.3, -0.25) is 0 Å². The molecule has 0 saturated heterocycles. The van der Waals surface area contributed by atoms with Crippen LogP contribution in [0, 0.1) is 25.7 Å². The summed E-state index contributed by atoms with van der Waals surface area (Å²) < 4.78 is 2.19. The van der Waals surface area contributed by atoms with Gasteiger partial charge in [-0.2, -0.15) is 0 Å². The first kappa shape index (κ1) is 13.9. The molecule has 2 aromatic heterocycles. The molecule has 21 heavy (non-hydrogen) atoms. The molecule has 0 aliphatic carbocycles. The fourth-order valence-corrected chi connectivity index (χ4v) is 3.16. The molecule has 0 fully saturated rings. The lowest BCUT2D eigenvalue weighted by Crippen LogP contribution is -1.96. The topological polar surface area (TPSA) is 43.8 Å². The summed E-state index contributed by atoms with van der Waals surface area (Å²) in [6.07, 6.45) is 1.91. The third-order valence-electron chi connectivity index (χ3n) is 3.54. The highest BCUT2D eigenvalue weighted by Gasteiger charge is 2.06. The first-order valence-corrected chi connectivity index (χ1v) is 7.69.